The van der Waals surface area contributed by atoms with Gasteiger partial charge in [-0.05, 0) is 82.7 Å². The zero-order valence-electron chi connectivity index (χ0n) is 17.2. The average molecular weight is 552 g/mol. The molecule has 1 fully saturated rings. The SMILES string of the molecule is CCCOc1c(I)cc(/C=C2/SC(=Nc3cccc(C(=O)O)c3)N(C)C2=O)cc1OC. The molecule has 1 heterocycles. The fourth-order valence-electron chi connectivity index (χ4n) is 2.79. The molecule has 0 atom stereocenters. The Labute approximate surface area is 198 Å². The van der Waals surface area contributed by atoms with Gasteiger partial charge >= 0.3 is 5.97 Å². The van der Waals surface area contributed by atoms with Gasteiger partial charge in [0.1, 0.15) is 0 Å². The van der Waals surface area contributed by atoms with Crippen LogP contribution in [-0.4, -0.2) is 47.8 Å². The molecule has 1 aliphatic heterocycles. The highest BCUT2D eigenvalue weighted by atomic mass is 127. The van der Waals surface area contributed by atoms with Gasteiger partial charge in [0.05, 0.1) is 33.4 Å². The Balaban J connectivity index is 1.90. The fourth-order valence-corrected chi connectivity index (χ4v) is 4.56. The van der Waals surface area contributed by atoms with Gasteiger partial charge in [-0.2, -0.15) is 0 Å². The van der Waals surface area contributed by atoms with Gasteiger partial charge in [-0.25, -0.2) is 9.79 Å². The number of ether oxygens (including phenoxy) is 2. The number of hydrogen-bond acceptors (Lipinski definition) is 6. The van der Waals surface area contributed by atoms with Crippen LogP contribution >= 0.6 is 34.4 Å². The number of carbonyl (C=O) groups excluding carboxylic acids is 1. The van der Waals surface area contributed by atoms with E-state index in [4.69, 9.17) is 14.6 Å². The molecule has 9 heteroatoms. The van der Waals surface area contributed by atoms with Crippen LogP contribution in [0.1, 0.15) is 29.3 Å². The number of benzene rings is 2. The van der Waals surface area contributed by atoms with Crippen molar-refractivity contribution in [3.05, 3.63) is 56.0 Å². The quantitative estimate of drug-likeness (QED) is 0.384. The third-order valence-corrected chi connectivity index (χ3v) is 6.18. The Morgan fingerprint density at radius 2 is 2.10 bits per heavy atom. The van der Waals surface area contributed by atoms with Crippen LogP contribution in [-0.2, 0) is 4.79 Å². The fraction of sp³-hybridized carbons (Fsp3) is 0.227. The van der Waals surface area contributed by atoms with Gasteiger partial charge in [-0.3, -0.25) is 9.69 Å². The summed E-state index contributed by atoms with van der Waals surface area (Å²) in [5.74, 6) is 0.0880. The van der Waals surface area contributed by atoms with Gasteiger partial charge in [0, 0.05) is 7.05 Å². The lowest BCUT2D eigenvalue weighted by atomic mass is 10.2. The Hall–Kier alpha value is -2.53. The van der Waals surface area contributed by atoms with Gasteiger partial charge in [0.2, 0.25) is 0 Å². The number of hydrogen-bond donors (Lipinski definition) is 1. The van der Waals surface area contributed by atoms with Crippen molar-refractivity contribution in [2.45, 2.75) is 13.3 Å². The van der Waals surface area contributed by atoms with Crippen molar-refractivity contribution < 1.29 is 24.2 Å². The highest BCUT2D eigenvalue weighted by Gasteiger charge is 2.30. The molecular formula is C22H21IN2O5S. The predicted octanol–water partition coefficient (Wildman–Crippen LogP) is 5.02. The van der Waals surface area contributed by atoms with Crippen LogP contribution in [0.15, 0.2) is 46.3 Å². The Bertz CT molecular complexity index is 1080. The molecule has 0 radical (unpaired) electrons. The van der Waals surface area contributed by atoms with E-state index in [9.17, 15) is 9.59 Å². The molecule has 2 aromatic carbocycles. The maximum atomic E-state index is 12.7. The lowest BCUT2D eigenvalue weighted by molar-refractivity contribution is -0.121. The molecule has 1 N–H and O–H groups in total. The molecular weight excluding hydrogens is 531 g/mol. The summed E-state index contributed by atoms with van der Waals surface area (Å²) >= 11 is 3.42. The minimum absolute atomic E-state index is 0.140. The number of likely N-dealkylation sites (N-methyl/N-ethyl adjacent to an activating group) is 1. The van der Waals surface area contributed by atoms with E-state index in [0.717, 1.165) is 15.6 Å². The monoisotopic (exact) mass is 552 g/mol. The molecule has 1 saturated heterocycles. The number of carbonyl (C=O) groups is 2. The molecule has 0 aliphatic carbocycles. The molecule has 1 aliphatic rings. The molecule has 162 valence electrons. The normalized spacial score (nSPS) is 16.3. The third kappa shape index (κ3) is 5.40. The van der Waals surface area contributed by atoms with E-state index in [1.165, 1.54) is 28.8 Å². The number of aromatic carboxylic acids is 1. The number of thioether (sulfide) groups is 1. The van der Waals surface area contributed by atoms with Crippen molar-refractivity contribution in [1.82, 2.24) is 4.90 Å². The number of aliphatic imine (C=N–C) groups is 1. The third-order valence-electron chi connectivity index (χ3n) is 4.32. The van der Waals surface area contributed by atoms with Crippen LogP contribution in [0, 0.1) is 3.57 Å². The van der Waals surface area contributed by atoms with Gasteiger partial charge in [-0.15, -0.1) is 0 Å². The first kappa shape index (κ1) is 23.1. The van der Waals surface area contributed by atoms with E-state index in [0.29, 0.717) is 33.9 Å². The Morgan fingerprint density at radius 3 is 2.77 bits per heavy atom. The first-order valence-corrected chi connectivity index (χ1v) is 11.3. The molecule has 0 aromatic heterocycles. The number of rotatable bonds is 7. The van der Waals surface area contributed by atoms with Crippen LogP contribution in [0.4, 0.5) is 5.69 Å². The smallest absolute Gasteiger partial charge is 0.335 e. The van der Waals surface area contributed by atoms with Gasteiger partial charge in [-0.1, -0.05) is 13.0 Å². The first-order valence-electron chi connectivity index (χ1n) is 9.44. The predicted molar refractivity (Wildman–Crippen MR) is 130 cm³/mol. The standard InChI is InChI=1S/C22H21IN2O5S/c1-4-8-30-19-16(23)9-13(10-17(19)29-3)11-18-20(26)25(2)22(31-18)24-15-7-5-6-14(12-15)21(27)28/h5-7,9-12H,4,8H2,1-3H3,(H,27,28)/b18-11+,24-22?. The van der Waals surface area contributed by atoms with Crippen molar-refractivity contribution in [1.29, 1.82) is 0 Å². The van der Waals surface area contributed by atoms with Crippen LogP contribution in [0.3, 0.4) is 0 Å². The van der Waals surface area contributed by atoms with Crippen molar-refractivity contribution >= 4 is 63.2 Å². The number of carboxylic acid groups (broad SMARTS) is 1. The summed E-state index contributed by atoms with van der Waals surface area (Å²) in [6.45, 7) is 2.63. The number of amides is 1. The average Bonchev–Trinajstić information content (AvgIpc) is 3.00. The Morgan fingerprint density at radius 1 is 1.32 bits per heavy atom. The van der Waals surface area contributed by atoms with E-state index in [1.807, 2.05) is 19.1 Å². The molecule has 1 amide bonds. The molecule has 0 unspecified atom stereocenters. The lowest BCUT2D eigenvalue weighted by Crippen LogP contribution is -2.23. The summed E-state index contributed by atoms with van der Waals surface area (Å²) in [6.07, 6.45) is 2.67. The summed E-state index contributed by atoms with van der Waals surface area (Å²) in [7, 11) is 3.22. The molecule has 0 saturated carbocycles. The van der Waals surface area contributed by atoms with Crippen LogP contribution < -0.4 is 9.47 Å². The van der Waals surface area contributed by atoms with Gasteiger partial charge in [0.15, 0.2) is 16.7 Å². The number of carboxylic acids is 1. The van der Waals surface area contributed by atoms with Crippen molar-refractivity contribution in [2.75, 3.05) is 20.8 Å². The van der Waals surface area contributed by atoms with Crippen molar-refractivity contribution in [3.8, 4) is 11.5 Å². The molecule has 31 heavy (non-hydrogen) atoms. The summed E-state index contributed by atoms with van der Waals surface area (Å²) in [6, 6.07) is 10.1. The lowest BCUT2D eigenvalue weighted by Gasteiger charge is -2.13. The van der Waals surface area contributed by atoms with E-state index in [1.54, 1.807) is 32.4 Å². The van der Waals surface area contributed by atoms with Crippen LogP contribution in [0.25, 0.3) is 6.08 Å². The minimum atomic E-state index is -1.03. The van der Waals surface area contributed by atoms with Crippen LogP contribution in [0.2, 0.25) is 0 Å². The first-order chi connectivity index (χ1) is 14.8. The summed E-state index contributed by atoms with van der Waals surface area (Å²) in [5, 5.41) is 9.63. The number of halogens is 1. The highest BCUT2D eigenvalue weighted by molar-refractivity contribution is 14.1. The molecule has 7 nitrogen and oxygen atoms in total. The van der Waals surface area contributed by atoms with Crippen LogP contribution in [0.5, 0.6) is 11.5 Å². The number of amidine groups is 1. The van der Waals surface area contributed by atoms with E-state index in [-0.39, 0.29) is 11.5 Å². The maximum Gasteiger partial charge on any atom is 0.335 e. The van der Waals surface area contributed by atoms with Crippen molar-refractivity contribution in [3.63, 3.8) is 0 Å². The second-order valence-corrected chi connectivity index (χ2v) is 8.78. The topological polar surface area (TPSA) is 88.4 Å². The van der Waals surface area contributed by atoms with E-state index < -0.39 is 5.97 Å². The Kier molecular flexibility index (Phi) is 7.60. The van der Waals surface area contributed by atoms with E-state index >= 15 is 0 Å². The zero-order chi connectivity index (χ0) is 22.5. The zero-order valence-corrected chi connectivity index (χ0v) is 20.2. The highest BCUT2D eigenvalue weighted by Crippen LogP contribution is 2.37. The summed E-state index contributed by atoms with van der Waals surface area (Å²) in [4.78, 5) is 30.3. The van der Waals surface area contributed by atoms with Gasteiger partial charge < -0.3 is 14.6 Å². The summed E-state index contributed by atoms with van der Waals surface area (Å²) in [5.41, 5.74) is 1.42. The number of nitrogens with zero attached hydrogens (tertiary/aromatic N) is 2. The second kappa shape index (κ2) is 10.2. The van der Waals surface area contributed by atoms with Crippen molar-refractivity contribution in [2.24, 2.45) is 4.99 Å². The molecule has 2 aromatic rings. The van der Waals surface area contributed by atoms with Gasteiger partial charge in [0.25, 0.3) is 5.91 Å². The number of methoxy groups -OCH3 is 1. The van der Waals surface area contributed by atoms with E-state index in [2.05, 4.69) is 27.6 Å². The minimum Gasteiger partial charge on any atom is -0.493 e. The molecule has 0 bridgehead atoms. The maximum absolute atomic E-state index is 12.7. The second-order valence-electron chi connectivity index (χ2n) is 6.61. The largest absolute Gasteiger partial charge is 0.493 e. The molecule has 3 rings (SSSR count). The molecule has 0 spiro atoms. The summed E-state index contributed by atoms with van der Waals surface area (Å²) < 4.78 is 12.1.